The zero-order valence-electron chi connectivity index (χ0n) is 13.7. The van der Waals surface area contributed by atoms with Crippen LogP contribution in [0.25, 0.3) is 10.9 Å². The second-order valence-electron chi connectivity index (χ2n) is 5.45. The van der Waals surface area contributed by atoms with Gasteiger partial charge in [0.15, 0.2) is 5.13 Å². The Hall–Kier alpha value is -2.19. The normalized spacial score (nSPS) is 10.8. The molecule has 3 aromatic rings. The number of thiazole rings is 1. The van der Waals surface area contributed by atoms with Crippen LogP contribution in [0.2, 0.25) is 0 Å². The Morgan fingerprint density at radius 1 is 1.36 bits per heavy atom. The summed E-state index contributed by atoms with van der Waals surface area (Å²) >= 11 is 4.87. The van der Waals surface area contributed by atoms with E-state index in [4.69, 9.17) is 0 Å². The zero-order chi connectivity index (χ0) is 18.0. The van der Waals surface area contributed by atoms with Crippen LogP contribution in [0.1, 0.15) is 11.4 Å². The highest BCUT2D eigenvalue weighted by Crippen LogP contribution is 2.30. The van der Waals surface area contributed by atoms with E-state index in [1.807, 2.05) is 35.8 Å². The van der Waals surface area contributed by atoms with Crippen LogP contribution in [0, 0.1) is 6.92 Å². The predicted molar refractivity (Wildman–Crippen MR) is 101 cm³/mol. The number of nitrogens with zero attached hydrogens (tertiary/aromatic N) is 2. The molecule has 0 radical (unpaired) electrons. The average Bonchev–Trinajstić information content (AvgIpc) is 3.13. The molecule has 1 amide bonds. The van der Waals surface area contributed by atoms with Gasteiger partial charge in [-0.05, 0) is 28.9 Å². The number of ether oxygens (including phenoxy) is 1. The van der Waals surface area contributed by atoms with Crippen molar-refractivity contribution in [3.63, 3.8) is 0 Å². The maximum absolute atomic E-state index is 12.4. The molecule has 0 fully saturated rings. The van der Waals surface area contributed by atoms with Gasteiger partial charge in [0.1, 0.15) is 6.54 Å². The first-order valence-electron chi connectivity index (χ1n) is 7.54. The quantitative estimate of drug-likeness (QED) is 0.639. The van der Waals surface area contributed by atoms with Crippen LogP contribution in [0.15, 0.2) is 34.1 Å². The van der Waals surface area contributed by atoms with Crippen molar-refractivity contribution in [2.45, 2.75) is 19.9 Å². The Bertz CT molecular complexity index is 948. The molecule has 3 rings (SSSR count). The molecule has 1 aromatic carbocycles. The van der Waals surface area contributed by atoms with Gasteiger partial charge >= 0.3 is 5.97 Å². The van der Waals surface area contributed by atoms with Crippen LogP contribution < -0.4 is 5.32 Å². The fourth-order valence-electron chi connectivity index (χ4n) is 2.56. The summed E-state index contributed by atoms with van der Waals surface area (Å²) in [5.41, 5.74) is 2.56. The molecular weight excluding hydrogens is 406 g/mol. The number of halogens is 1. The van der Waals surface area contributed by atoms with Crippen molar-refractivity contribution in [3.05, 3.63) is 45.5 Å². The first-order chi connectivity index (χ1) is 12.0. The highest BCUT2D eigenvalue weighted by molar-refractivity contribution is 9.10. The molecule has 2 heterocycles. The maximum Gasteiger partial charge on any atom is 0.311 e. The highest BCUT2D eigenvalue weighted by Gasteiger charge is 2.15. The van der Waals surface area contributed by atoms with E-state index < -0.39 is 0 Å². The van der Waals surface area contributed by atoms with Gasteiger partial charge in [0.25, 0.3) is 0 Å². The van der Waals surface area contributed by atoms with Gasteiger partial charge in [0.05, 0.1) is 19.2 Å². The number of esters is 1. The molecule has 0 saturated heterocycles. The first-order valence-corrected chi connectivity index (χ1v) is 9.21. The van der Waals surface area contributed by atoms with E-state index in [1.165, 1.54) is 18.4 Å². The Labute approximate surface area is 156 Å². The fraction of sp³-hybridized carbons (Fsp3) is 0.235. The molecule has 130 valence electrons. The standard InChI is InChI=1S/C17H16BrN3O3S/c1-10-16(18)12-5-3-4-6-13(12)21(10)8-14(22)20-17-19-11(9-25-17)7-15(23)24-2/h3-6,9H,7-8H2,1-2H3,(H,19,20,22). The number of carbonyl (C=O) groups is 2. The van der Waals surface area contributed by atoms with E-state index in [1.54, 1.807) is 5.38 Å². The summed E-state index contributed by atoms with van der Waals surface area (Å²) in [6, 6.07) is 7.91. The van der Waals surface area contributed by atoms with E-state index in [0.29, 0.717) is 10.8 Å². The molecule has 1 N–H and O–H groups in total. The Morgan fingerprint density at radius 3 is 2.88 bits per heavy atom. The number of hydrogen-bond acceptors (Lipinski definition) is 5. The topological polar surface area (TPSA) is 73.2 Å². The number of anilines is 1. The third-order valence-corrected chi connectivity index (χ3v) is 5.61. The van der Waals surface area contributed by atoms with E-state index >= 15 is 0 Å². The molecule has 6 nitrogen and oxygen atoms in total. The molecule has 0 bridgehead atoms. The average molecular weight is 422 g/mol. The number of para-hydroxylation sites is 1. The van der Waals surface area contributed by atoms with E-state index in [-0.39, 0.29) is 24.8 Å². The molecule has 2 aromatic heterocycles. The Kier molecular flexibility index (Phi) is 5.19. The highest BCUT2D eigenvalue weighted by atomic mass is 79.9. The van der Waals surface area contributed by atoms with Crippen LogP contribution in [0.5, 0.6) is 0 Å². The lowest BCUT2D eigenvalue weighted by Gasteiger charge is -2.07. The van der Waals surface area contributed by atoms with Gasteiger partial charge in [0.2, 0.25) is 5.91 Å². The predicted octanol–water partition coefficient (Wildman–Crippen LogP) is 3.52. The first kappa shape index (κ1) is 17.6. The maximum atomic E-state index is 12.4. The second kappa shape index (κ2) is 7.37. The summed E-state index contributed by atoms with van der Waals surface area (Å²) in [6.07, 6.45) is 0.0944. The number of fused-ring (bicyclic) bond motifs is 1. The summed E-state index contributed by atoms with van der Waals surface area (Å²) in [7, 11) is 1.33. The lowest BCUT2D eigenvalue weighted by atomic mass is 10.2. The van der Waals surface area contributed by atoms with Gasteiger partial charge in [-0.25, -0.2) is 4.98 Å². The van der Waals surface area contributed by atoms with Crippen LogP contribution >= 0.6 is 27.3 Å². The van der Waals surface area contributed by atoms with Crippen molar-refractivity contribution in [2.75, 3.05) is 12.4 Å². The number of amides is 1. The molecule has 0 unspecified atom stereocenters. The van der Waals surface area contributed by atoms with Gasteiger partial charge in [0, 0.05) is 26.4 Å². The molecule has 0 aliphatic heterocycles. The lowest BCUT2D eigenvalue weighted by molar-refractivity contribution is -0.139. The van der Waals surface area contributed by atoms with Gasteiger partial charge in [-0.3, -0.25) is 9.59 Å². The van der Waals surface area contributed by atoms with Crippen molar-refractivity contribution in [1.29, 1.82) is 0 Å². The minimum Gasteiger partial charge on any atom is -0.469 e. The van der Waals surface area contributed by atoms with Gasteiger partial charge in [-0.2, -0.15) is 0 Å². The molecule has 25 heavy (non-hydrogen) atoms. The van der Waals surface area contributed by atoms with Crippen LogP contribution in [0.4, 0.5) is 5.13 Å². The second-order valence-corrected chi connectivity index (χ2v) is 7.10. The SMILES string of the molecule is COC(=O)Cc1csc(NC(=O)Cn2c(C)c(Br)c3ccccc32)n1. The number of nitrogens with one attached hydrogen (secondary N) is 1. The molecular formula is C17H16BrN3O3S. The number of rotatable bonds is 5. The monoisotopic (exact) mass is 421 g/mol. The molecule has 0 spiro atoms. The molecule has 0 saturated carbocycles. The molecule has 0 atom stereocenters. The summed E-state index contributed by atoms with van der Waals surface area (Å²) in [6.45, 7) is 2.15. The third-order valence-electron chi connectivity index (χ3n) is 3.81. The fourth-order valence-corrected chi connectivity index (χ4v) is 3.84. The van der Waals surface area contributed by atoms with Crippen molar-refractivity contribution in [3.8, 4) is 0 Å². The van der Waals surface area contributed by atoms with Crippen LogP contribution in [-0.4, -0.2) is 28.5 Å². The summed E-state index contributed by atoms with van der Waals surface area (Å²) in [5, 5.41) is 6.06. The number of benzene rings is 1. The van der Waals surface area contributed by atoms with E-state index in [9.17, 15) is 9.59 Å². The Balaban J connectivity index is 1.73. The number of carbonyl (C=O) groups excluding carboxylic acids is 2. The van der Waals surface area contributed by atoms with Crippen molar-refractivity contribution >= 4 is 55.2 Å². The minimum atomic E-state index is -0.359. The lowest BCUT2D eigenvalue weighted by Crippen LogP contribution is -2.19. The molecule has 0 aliphatic rings. The summed E-state index contributed by atoms with van der Waals surface area (Å²) < 4.78 is 7.56. The van der Waals surface area contributed by atoms with Crippen molar-refractivity contribution in [2.24, 2.45) is 0 Å². The van der Waals surface area contributed by atoms with Crippen LogP contribution in [0.3, 0.4) is 0 Å². The molecule has 0 aliphatic carbocycles. The van der Waals surface area contributed by atoms with Gasteiger partial charge in [-0.15, -0.1) is 11.3 Å². The van der Waals surface area contributed by atoms with Crippen LogP contribution in [-0.2, 0) is 27.3 Å². The smallest absolute Gasteiger partial charge is 0.311 e. The largest absolute Gasteiger partial charge is 0.469 e. The summed E-state index contributed by atoms with van der Waals surface area (Å²) in [5.74, 6) is -0.530. The number of methoxy groups -OCH3 is 1. The molecule has 8 heteroatoms. The van der Waals surface area contributed by atoms with Gasteiger partial charge in [-0.1, -0.05) is 18.2 Å². The number of hydrogen-bond donors (Lipinski definition) is 1. The Morgan fingerprint density at radius 2 is 2.12 bits per heavy atom. The number of aromatic nitrogens is 2. The van der Waals surface area contributed by atoms with Crippen molar-refractivity contribution < 1.29 is 14.3 Å². The third kappa shape index (κ3) is 3.74. The van der Waals surface area contributed by atoms with E-state index in [2.05, 4.69) is 31.0 Å². The minimum absolute atomic E-state index is 0.0944. The zero-order valence-corrected chi connectivity index (χ0v) is 16.1. The van der Waals surface area contributed by atoms with Crippen molar-refractivity contribution in [1.82, 2.24) is 9.55 Å². The van der Waals surface area contributed by atoms with Gasteiger partial charge < -0.3 is 14.6 Å². The van der Waals surface area contributed by atoms with E-state index in [0.717, 1.165) is 21.1 Å². The summed E-state index contributed by atoms with van der Waals surface area (Å²) in [4.78, 5) is 27.9.